The molecule has 2 unspecified atom stereocenters. The summed E-state index contributed by atoms with van der Waals surface area (Å²) in [5.74, 6) is -12.7. The Labute approximate surface area is 510 Å². The van der Waals surface area contributed by atoms with Crippen molar-refractivity contribution in [3.05, 3.63) is 352 Å². The Balaban J connectivity index is 0.993. The molecule has 0 aliphatic heterocycles. The number of benzene rings is 12. The van der Waals surface area contributed by atoms with E-state index >= 15 is 35.1 Å². The molecule has 90 heavy (non-hydrogen) atoms. The van der Waals surface area contributed by atoms with Crippen LogP contribution in [0.1, 0.15) is 55.6 Å². The molecule has 0 spiro atoms. The van der Waals surface area contributed by atoms with Gasteiger partial charge < -0.3 is 18.8 Å². The minimum atomic E-state index is -2.01. The summed E-state index contributed by atoms with van der Waals surface area (Å²) in [6.07, 6.45) is 3.40. The maximum Gasteiger partial charge on any atom is 0.197 e. The van der Waals surface area contributed by atoms with Crippen LogP contribution in [0.25, 0.3) is 56.3 Å². The molecule has 2 aliphatic rings. The van der Waals surface area contributed by atoms with Crippen LogP contribution in [0.4, 0.5) is 52.2 Å². The highest BCUT2D eigenvalue weighted by Crippen LogP contribution is 2.61. The third kappa shape index (κ3) is 8.35. The van der Waals surface area contributed by atoms with Gasteiger partial charge in [0.05, 0.1) is 16.5 Å². The predicted molar refractivity (Wildman–Crippen MR) is 336 cm³/mol. The molecule has 0 bridgehead atoms. The molecule has 2 aliphatic carbocycles. The van der Waals surface area contributed by atoms with Gasteiger partial charge in [-0.2, -0.15) is 0 Å². The molecule has 12 aromatic carbocycles. The zero-order valence-corrected chi connectivity index (χ0v) is 47.3. The number of hydrogen-bond acceptors (Lipinski definition) is 4. The fourth-order valence-corrected chi connectivity index (χ4v) is 13.5. The van der Waals surface area contributed by atoms with E-state index in [-0.39, 0.29) is 0 Å². The average molecular weight is 1200 g/mol. The number of nitrogens with zero attached hydrogens (tertiary/aromatic N) is 1. The van der Waals surface area contributed by atoms with E-state index < -0.39 is 68.5 Å². The maximum absolute atomic E-state index is 17.4. The number of anilines is 3. The number of hydrogen-bond donors (Lipinski definition) is 0. The largest absolute Gasteiger partial charge is 0.457 e. The van der Waals surface area contributed by atoms with Gasteiger partial charge in [0.15, 0.2) is 52.1 Å². The number of para-hydroxylation sites is 2. The van der Waals surface area contributed by atoms with Crippen LogP contribution in [0.2, 0.25) is 0 Å². The first-order valence-electron chi connectivity index (χ1n) is 28.7. The van der Waals surface area contributed by atoms with Crippen molar-refractivity contribution in [3.8, 4) is 45.3 Å². The van der Waals surface area contributed by atoms with Crippen molar-refractivity contribution in [2.45, 2.75) is 10.8 Å². The van der Waals surface area contributed by atoms with Crippen LogP contribution in [-0.2, 0) is 10.8 Å². The SMILES string of the molecule is C=Cc1ccc(Oc2ccc(C3(c4cc(F)c(F)c(F)c4F)c4ccccc4-c4ccc(N(c5ccc6c(c5)C(c5ccc(Oc7ccc(C=C)cc7)cc5)(c5cc(F)c(F)c(F)c5F)c5ccccc5-6)c5cccc6c5oc5ccccc56)cc43)cc2)cc1. The van der Waals surface area contributed by atoms with Crippen molar-refractivity contribution in [2.75, 3.05) is 4.90 Å². The van der Waals surface area contributed by atoms with E-state index in [1.807, 2.05) is 108 Å². The molecule has 0 saturated carbocycles. The Hall–Kier alpha value is -11.2. The highest BCUT2D eigenvalue weighted by Gasteiger charge is 2.51. The van der Waals surface area contributed by atoms with Gasteiger partial charge in [0.1, 0.15) is 28.6 Å². The molecule has 1 aromatic heterocycles. The van der Waals surface area contributed by atoms with Gasteiger partial charge in [-0.15, -0.1) is 0 Å². The van der Waals surface area contributed by atoms with Gasteiger partial charge in [-0.25, -0.2) is 35.1 Å². The van der Waals surface area contributed by atoms with Crippen molar-refractivity contribution < 1.29 is 49.0 Å². The van der Waals surface area contributed by atoms with Crippen molar-refractivity contribution in [1.82, 2.24) is 0 Å². The summed E-state index contributed by atoms with van der Waals surface area (Å²) in [7, 11) is 0. The molecule has 4 nitrogen and oxygen atoms in total. The zero-order chi connectivity index (χ0) is 61.7. The summed E-state index contributed by atoms with van der Waals surface area (Å²) >= 11 is 0. The van der Waals surface area contributed by atoms with Crippen molar-refractivity contribution in [3.63, 3.8) is 0 Å². The predicted octanol–water partition coefficient (Wildman–Crippen LogP) is 21.8. The Morgan fingerprint density at radius 1 is 0.344 bits per heavy atom. The Morgan fingerprint density at radius 2 is 0.744 bits per heavy atom. The molecular weight excluding hydrogens is 1150 g/mol. The molecule has 0 fully saturated rings. The van der Waals surface area contributed by atoms with E-state index in [1.165, 1.54) is 0 Å². The van der Waals surface area contributed by atoms with Crippen LogP contribution < -0.4 is 14.4 Å². The standard InChI is InChI=1S/C78H45F8NO3/c1-3-44-20-30-50(31-21-44)88-52-34-24-46(25-35-52)77(64-42-66(79)72(83)74(85)70(64)81)60-16-8-5-12-54(60)56-38-28-48(40-62(56)77)87(68-18-11-15-59-58-14-7-10-19-69(58)90-76(59)68)49-29-39-57-55-13-6-9-17-61(55)78(63(57)41-49,65-43-67(80)73(84)75(86)71(65)82)47-26-36-53(37-27-47)89-51-32-22-45(4-2)23-33-51/h3-43H,1-2H2. The summed E-state index contributed by atoms with van der Waals surface area (Å²) in [4.78, 5) is 1.86. The number of ether oxygens (including phenoxy) is 2. The van der Waals surface area contributed by atoms with E-state index in [9.17, 15) is 0 Å². The third-order valence-corrected chi connectivity index (χ3v) is 17.5. The highest BCUT2D eigenvalue weighted by molar-refractivity contribution is 6.10. The van der Waals surface area contributed by atoms with Crippen LogP contribution in [0.15, 0.2) is 254 Å². The molecule has 1 heterocycles. The molecule has 0 saturated heterocycles. The Kier molecular flexibility index (Phi) is 13.1. The topological polar surface area (TPSA) is 34.8 Å². The lowest BCUT2D eigenvalue weighted by Crippen LogP contribution is -2.31. The lowest BCUT2D eigenvalue weighted by molar-refractivity contribution is 0.399. The van der Waals surface area contributed by atoms with Gasteiger partial charge in [0.25, 0.3) is 0 Å². The fraction of sp³-hybridized carbons (Fsp3) is 0.0256. The number of rotatable bonds is 13. The Morgan fingerprint density at radius 3 is 1.20 bits per heavy atom. The molecule has 15 rings (SSSR count). The molecule has 436 valence electrons. The maximum atomic E-state index is 17.4. The highest BCUT2D eigenvalue weighted by atomic mass is 19.2. The minimum absolute atomic E-state index is 0.332. The smallest absolute Gasteiger partial charge is 0.197 e. The van der Waals surface area contributed by atoms with Crippen LogP contribution >= 0.6 is 0 Å². The molecule has 12 heteroatoms. The fourth-order valence-electron chi connectivity index (χ4n) is 13.5. The van der Waals surface area contributed by atoms with Crippen LogP contribution in [0.5, 0.6) is 23.0 Å². The Bertz CT molecular complexity index is 4840. The van der Waals surface area contributed by atoms with E-state index in [4.69, 9.17) is 13.9 Å². The average Bonchev–Trinajstić information content (AvgIpc) is 1.51. The summed E-state index contributed by atoms with van der Waals surface area (Å²) in [6, 6.07) is 67.2. The third-order valence-electron chi connectivity index (χ3n) is 17.5. The first-order chi connectivity index (χ1) is 43.8. The van der Waals surface area contributed by atoms with Crippen LogP contribution in [0.3, 0.4) is 0 Å². The van der Waals surface area contributed by atoms with Gasteiger partial charge in [-0.3, -0.25) is 0 Å². The van der Waals surface area contributed by atoms with Gasteiger partial charge in [-0.1, -0.05) is 165 Å². The van der Waals surface area contributed by atoms with E-state index in [2.05, 4.69) is 13.2 Å². The van der Waals surface area contributed by atoms with Crippen LogP contribution in [-0.4, -0.2) is 0 Å². The van der Waals surface area contributed by atoms with Gasteiger partial charge in [0.2, 0.25) is 0 Å². The van der Waals surface area contributed by atoms with E-state index in [0.717, 1.165) is 21.9 Å². The van der Waals surface area contributed by atoms with Gasteiger partial charge >= 0.3 is 0 Å². The minimum Gasteiger partial charge on any atom is -0.457 e. The summed E-state index contributed by atoms with van der Waals surface area (Å²) < 4.78 is 150. The first-order valence-corrected chi connectivity index (χ1v) is 28.7. The van der Waals surface area contributed by atoms with Crippen molar-refractivity contribution >= 4 is 51.2 Å². The van der Waals surface area contributed by atoms with Crippen LogP contribution in [0, 0.1) is 46.5 Å². The molecule has 13 aromatic rings. The second kappa shape index (κ2) is 21.3. The van der Waals surface area contributed by atoms with E-state index in [0.29, 0.717) is 119 Å². The normalized spacial score (nSPS) is 15.3. The van der Waals surface area contributed by atoms with Gasteiger partial charge in [0, 0.05) is 33.3 Å². The molecule has 2 atom stereocenters. The monoisotopic (exact) mass is 1200 g/mol. The quantitative estimate of drug-likeness (QED) is 0.0655. The summed E-state index contributed by atoms with van der Waals surface area (Å²) in [6.45, 7) is 7.65. The first kappa shape index (κ1) is 55.3. The zero-order valence-electron chi connectivity index (χ0n) is 47.3. The second-order valence-electron chi connectivity index (χ2n) is 22.1. The lowest BCUT2D eigenvalue weighted by Gasteiger charge is -2.36. The van der Waals surface area contributed by atoms with Crippen molar-refractivity contribution in [1.29, 1.82) is 0 Å². The number of halogens is 8. The number of furan rings is 1. The van der Waals surface area contributed by atoms with Gasteiger partial charge in [-0.05, 0) is 164 Å². The summed E-state index contributed by atoms with van der Waals surface area (Å²) in [5.41, 5.74) is 3.45. The van der Waals surface area contributed by atoms with E-state index in [1.54, 1.807) is 133 Å². The lowest BCUT2D eigenvalue weighted by atomic mass is 9.67. The molecule has 0 radical (unpaired) electrons. The molecule has 0 amide bonds. The van der Waals surface area contributed by atoms with Crippen molar-refractivity contribution in [2.24, 2.45) is 0 Å². The molecular formula is C78H45F8NO3. The molecule has 0 N–H and O–H groups in total. The summed E-state index contributed by atoms with van der Waals surface area (Å²) in [5, 5.41) is 1.51. The number of fused-ring (bicyclic) bond motifs is 9. The second-order valence-corrected chi connectivity index (χ2v) is 22.1.